The molecule has 2 aromatic rings. The summed E-state index contributed by atoms with van der Waals surface area (Å²) in [7, 11) is 0. The van der Waals surface area contributed by atoms with E-state index < -0.39 is 0 Å². The Labute approximate surface area is 115 Å². The minimum Gasteiger partial charge on any atom is -0.314 e. The first-order chi connectivity index (χ1) is 9.27. The summed E-state index contributed by atoms with van der Waals surface area (Å²) in [6.07, 6.45) is 7.17. The molecule has 0 saturated heterocycles. The lowest BCUT2D eigenvalue weighted by Gasteiger charge is -2.05. The zero-order valence-corrected chi connectivity index (χ0v) is 11.6. The number of aromatic nitrogens is 2. The molecule has 1 heterocycles. The van der Waals surface area contributed by atoms with Crippen molar-refractivity contribution in [2.75, 3.05) is 6.54 Å². The Morgan fingerprint density at radius 3 is 2.74 bits per heavy atom. The van der Waals surface area contributed by atoms with Gasteiger partial charge in [0.2, 0.25) is 0 Å². The third-order valence-electron chi connectivity index (χ3n) is 2.82. The second-order valence-corrected chi connectivity index (χ2v) is 4.80. The van der Waals surface area contributed by atoms with E-state index in [1.165, 1.54) is 0 Å². The molecule has 19 heavy (non-hydrogen) atoms. The van der Waals surface area contributed by atoms with E-state index in [2.05, 4.69) is 48.5 Å². The van der Waals surface area contributed by atoms with Crippen molar-refractivity contribution in [3.8, 4) is 5.69 Å². The van der Waals surface area contributed by atoms with E-state index in [0.29, 0.717) is 6.04 Å². The fourth-order valence-corrected chi connectivity index (χ4v) is 1.88. The van der Waals surface area contributed by atoms with Gasteiger partial charge in [0.15, 0.2) is 0 Å². The van der Waals surface area contributed by atoms with Crippen LogP contribution in [0.4, 0.5) is 0 Å². The average molecular weight is 255 g/mol. The summed E-state index contributed by atoms with van der Waals surface area (Å²) < 4.78 is 1.95. The first-order valence-electron chi connectivity index (χ1n) is 6.77. The Bertz CT molecular complexity index is 512. The van der Waals surface area contributed by atoms with E-state index in [4.69, 9.17) is 0 Å². The molecule has 2 rings (SSSR count). The normalized spacial score (nSPS) is 11.5. The molecule has 1 aromatic heterocycles. The Morgan fingerprint density at radius 1 is 1.21 bits per heavy atom. The van der Waals surface area contributed by atoms with E-state index in [1.54, 1.807) is 0 Å². The van der Waals surface area contributed by atoms with Crippen LogP contribution in [0.15, 0.2) is 48.7 Å². The van der Waals surface area contributed by atoms with Crippen LogP contribution in [0, 0.1) is 0 Å². The van der Waals surface area contributed by atoms with E-state index in [0.717, 1.165) is 24.3 Å². The van der Waals surface area contributed by atoms with Crippen LogP contribution in [0.5, 0.6) is 0 Å². The lowest BCUT2D eigenvalue weighted by molar-refractivity contribution is 0.595. The summed E-state index contributed by atoms with van der Waals surface area (Å²) >= 11 is 0. The minimum atomic E-state index is 0.545. The van der Waals surface area contributed by atoms with Gasteiger partial charge in [0, 0.05) is 6.04 Å². The predicted octanol–water partition coefficient (Wildman–Crippen LogP) is 3.27. The molecule has 1 aromatic carbocycles. The molecule has 0 radical (unpaired) electrons. The van der Waals surface area contributed by atoms with Crippen molar-refractivity contribution in [2.45, 2.75) is 26.3 Å². The highest BCUT2D eigenvalue weighted by atomic mass is 15.3. The van der Waals surface area contributed by atoms with Crippen LogP contribution in [0.2, 0.25) is 0 Å². The van der Waals surface area contributed by atoms with E-state index in [9.17, 15) is 0 Å². The van der Waals surface area contributed by atoms with Crippen LogP contribution >= 0.6 is 0 Å². The molecular weight excluding hydrogens is 234 g/mol. The number of nitrogens with zero attached hydrogens (tertiary/aromatic N) is 2. The molecule has 0 aliphatic heterocycles. The van der Waals surface area contributed by atoms with Gasteiger partial charge in [-0.15, -0.1) is 0 Å². The number of nitrogens with one attached hydrogen (secondary N) is 1. The molecule has 3 nitrogen and oxygen atoms in total. The van der Waals surface area contributed by atoms with Crippen LogP contribution in [0.25, 0.3) is 11.8 Å². The molecule has 3 heteroatoms. The summed E-state index contributed by atoms with van der Waals surface area (Å²) in [4.78, 5) is 0. The molecule has 0 fully saturated rings. The smallest absolute Gasteiger partial charge is 0.0665 e. The van der Waals surface area contributed by atoms with Gasteiger partial charge in [-0.25, -0.2) is 4.68 Å². The van der Waals surface area contributed by atoms with Crippen molar-refractivity contribution >= 4 is 6.08 Å². The summed E-state index contributed by atoms with van der Waals surface area (Å²) in [5, 5.41) is 7.76. The van der Waals surface area contributed by atoms with Crippen LogP contribution in [0.1, 0.15) is 26.0 Å². The maximum atomic E-state index is 4.36. The number of rotatable bonds is 6. The summed E-state index contributed by atoms with van der Waals surface area (Å²) in [6.45, 7) is 5.33. The number of hydrogen-bond acceptors (Lipinski definition) is 2. The molecule has 0 bridgehead atoms. The largest absolute Gasteiger partial charge is 0.314 e. The maximum absolute atomic E-state index is 4.36. The zero-order valence-electron chi connectivity index (χ0n) is 11.6. The first-order valence-corrected chi connectivity index (χ1v) is 6.77. The highest BCUT2D eigenvalue weighted by Gasteiger charge is 2.00. The van der Waals surface area contributed by atoms with Gasteiger partial charge in [-0.3, -0.25) is 0 Å². The maximum Gasteiger partial charge on any atom is 0.0665 e. The Balaban J connectivity index is 1.99. The second-order valence-electron chi connectivity index (χ2n) is 4.80. The van der Waals surface area contributed by atoms with Crippen LogP contribution in [0.3, 0.4) is 0 Å². The van der Waals surface area contributed by atoms with Crippen molar-refractivity contribution < 1.29 is 0 Å². The lowest BCUT2D eigenvalue weighted by atomic mass is 10.3. The van der Waals surface area contributed by atoms with E-state index in [1.807, 2.05) is 35.1 Å². The molecule has 0 spiro atoms. The van der Waals surface area contributed by atoms with E-state index in [-0.39, 0.29) is 0 Å². The van der Waals surface area contributed by atoms with Gasteiger partial charge < -0.3 is 5.32 Å². The molecule has 0 atom stereocenters. The van der Waals surface area contributed by atoms with Crippen molar-refractivity contribution in [2.24, 2.45) is 0 Å². The van der Waals surface area contributed by atoms with Crippen LogP contribution in [-0.2, 0) is 0 Å². The van der Waals surface area contributed by atoms with Crippen molar-refractivity contribution in [1.29, 1.82) is 0 Å². The highest BCUT2D eigenvalue weighted by Crippen LogP contribution is 2.11. The van der Waals surface area contributed by atoms with Gasteiger partial charge in [-0.05, 0) is 37.2 Å². The number of benzene rings is 1. The third kappa shape index (κ3) is 4.07. The fraction of sp³-hybridized carbons (Fsp3) is 0.312. The van der Waals surface area contributed by atoms with Crippen molar-refractivity contribution in [1.82, 2.24) is 15.1 Å². The second kappa shape index (κ2) is 6.90. The van der Waals surface area contributed by atoms with Crippen LogP contribution in [-0.4, -0.2) is 22.4 Å². The molecule has 0 unspecified atom stereocenters. The molecule has 100 valence electrons. The molecule has 0 saturated carbocycles. The third-order valence-corrected chi connectivity index (χ3v) is 2.82. The van der Waals surface area contributed by atoms with Gasteiger partial charge in [-0.2, -0.15) is 5.10 Å². The standard InChI is InChI=1S/C16H21N3/c1-14(2)17-12-7-6-10-16-11-13-18-19(16)15-8-4-3-5-9-15/h3-6,8-11,13-14,17H,7,12H2,1-2H3/b10-6+. The van der Waals surface area contributed by atoms with Gasteiger partial charge in [0.25, 0.3) is 0 Å². The van der Waals surface area contributed by atoms with Gasteiger partial charge in [0.1, 0.15) is 0 Å². The van der Waals surface area contributed by atoms with Crippen LogP contribution < -0.4 is 5.32 Å². The summed E-state index contributed by atoms with van der Waals surface area (Å²) in [5.74, 6) is 0. The molecular formula is C16H21N3. The monoisotopic (exact) mass is 255 g/mol. The molecule has 0 amide bonds. The molecule has 1 N–H and O–H groups in total. The minimum absolute atomic E-state index is 0.545. The predicted molar refractivity (Wildman–Crippen MR) is 80.4 cm³/mol. The quantitative estimate of drug-likeness (QED) is 0.803. The Morgan fingerprint density at radius 2 is 2.00 bits per heavy atom. The molecule has 0 aliphatic rings. The van der Waals surface area contributed by atoms with Gasteiger partial charge >= 0.3 is 0 Å². The topological polar surface area (TPSA) is 29.9 Å². The van der Waals surface area contributed by atoms with Gasteiger partial charge in [0.05, 0.1) is 17.6 Å². The molecule has 0 aliphatic carbocycles. The van der Waals surface area contributed by atoms with Crippen molar-refractivity contribution in [3.05, 3.63) is 54.4 Å². The average Bonchev–Trinajstić information content (AvgIpc) is 2.87. The lowest BCUT2D eigenvalue weighted by Crippen LogP contribution is -2.23. The van der Waals surface area contributed by atoms with Gasteiger partial charge in [-0.1, -0.05) is 38.1 Å². The Hall–Kier alpha value is -1.87. The summed E-state index contributed by atoms with van der Waals surface area (Å²) in [6, 6.07) is 12.8. The highest BCUT2D eigenvalue weighted by molar-refractivity contribution is 5.48. The summed E-state index contributed by atoms with van der Waals surface area (Å²) in [5.41, 5.74) is 2.20. The zero-order chi connectivity index (χ0) is 13.5. The Kier molecular flexibility index (Phi) is 4.93. The first kappa shape index (κ1) is 13.6. The SMILES string of the molecule is CC(C)NCC/C=C/c1ccnn1-c1ccccc1. The fourth-order valence-electron chi connectivity index (χ4n) is 1.88. The number of hydrogen-bond donors (Lipinski definition) is 1. The number of para-hydroxylation sites is 1. The van der Waals surface area contributed by atoms with Crippen molar-refractivity contribution in [3.63, 3.8) is 0 Å². The van der Waals surface area contributed by atoms with E-state index >= 15 is 0 Å².